The van der Waals surface area contributed by atoms with Crippen molar-refractivity contribution < 1.29 is 4.52 Å². The van der Waals surface area contributed by atoms with E-state index in [0.717, 1.165) is 28.1 Å². The second-order valence-electron chi connectivity index (χ2n) is 5.68. The first-order valence-electron chi connectivity index (χ1n) is 7.25. The third-order valence-corrected chi connectivity index (χ3v) is 5.49. The number of nitrogens with one attached hydrogen (secondary N) is 1. The summed E-state index contributed by atoms with van der Waals surface area (Å²) in [6, 6.07) is 9.00. The van der Waals surface area contributed by atoms with E-state index in [-0.39, 0.29) is 0 Å². The first-order valence-corrected chi connectivity index (χ1v) is 8.61. The van der Waals surface area contributed by atoms with Crippen molar-refractivity contribution in [2.24, 2.45) is 0 Å². The molecule has 1 N–H and O–H groups in total. The van der Waals surface area contributed by atoms with Crippen molar-refractivity contribution in [2.75, 3.05) is 0 Å². The second kappa shape index (κ2) is 5.63. The molecule has 1 aromatic carbocycles. The maximum absolute atomic E-state index is 5.98. The van der Waals surface area contributed by atoms with E-state index in [1.54, 1.807) is 11.8 Å². The molecule has 0 radical (unpaired) electrons. The van der Waals surface area contributed by atoms with Crippen LogP contribution in [0.25, 0.3) is 0 Å². The van der Waals surface area contributed by atoms with Gasteiger partial charge in [-0.1, -0.05) is 22.8 Å². The van der Waals surface area contributed by atoms with Crippen LogP contribution in [0, 0.1) is 0 Å². The maximum Gasteiger partial charge on any atom is 0.231 e. The van der Waals surface area contributed by atoms with Crippen molar-refractivity contribution in [1.82, 2.24) is 15.5 Å². The molecule has 4 nitrogen and oxygen atoms in total. The smallest absolute Gasteiger partial charge is 0.231 e. The number of aromatic nitrogens is 2. The first kappa shape index (κ1) is 13.6. The van der Waals surface area contributed by atoms with Gasteiger partial charge in [-0.15, -0.1) is 11.8 Å². The largest absolute Gasteiger partial charge is 0.339 e. The summed E-state index contributed by atoms with van der Waals surface area (Å²) in [7, 11) is 0. The fraction of sp³-hybridized carbons (Fsp3) is 0.467. The molecule has 110 valence electrons. The zero-order chi connectivity index (χ0) is 14.2. The Balaban J connectivity index is 1.41. The molecule has 4 rings (SSSR count). The van der Waals surface area contributed by atoms with Crippen LogP contribution in [0.2, 0.25) is 5.02 Å². The van der Waals surface area contributed by atoms with Crippen LogP contribution in [0.4, 0.5) is 0 Å². The van der Waals surface area contributed by atoms with Gasteiger partial charge in [-0.2, -0.15) is 4.98 Å². The van der Waals surface area contributed by atoms with Crippen LogP contribution < -0.4 is 5.32 Å². The Morgan fingerprint density at radius 1 is 1.38 bits per heavy atom. The van der Waals surface area contributed by atoms with Gasteiger partial charge >= 0.3 is 0 Å². The van der Waals surface area contributed by atoms with E-state index in [1.807, 2.05) is 24.3 Å². The highest BCUT2D eigenvalue weighted by Crippen LogP contribution is 2.39. The van der Waals surface area contributed by atoms with E-state index >= 15 is 0 Å². The lowest BCUT2D eigenvalue weighted by Gasteiger charge is -2.15. The Morgan fingerprint density at radius 3 is 3.10 bits per heavy atom. The van der Waals surface area contributed by atoms with E-state index < -0.39 is 0 Å². The summed E-state index contributed by atoms with van der Waals surface area (Å²) in [6.45, 7) is 0. The minimum absolute atomic E-state index is 0.404. The molecule has 0 aliphatic carbocycles. The SMILES string of the molecule is Clc1cccc(SCc2noc(C3CC4CCC3N4)n2)c1. The molecule has 3 atom stereocenters. The van der Waals surface area contributed by atoms with E-state index in [9.17, 15) is 0 Å². The van der Waals surface area contributed by atoms with Gasteiger partial charge in [-0.25, -0.2) is 0 Å². The molecule has 21 heavy (non-hydrogen) atoms. The average molecular weight is 322 g/mol. The van der Waals surface area contributed by atoms with Crippen molar-refractivity contribution in [1.29, 1.82) is 0 Å². The van der Waals surface area contributed by atoms with E-state index in [4.69, 9.17) is 16.1 Å². The summed E-state index contributed by atoms with van der Waals surface area (Å²) in [4.78, 5) is 5.70. The number of thioether (sulfide) groups is 1. The van der Waals surface area contributed by atoms with Crippen LogP contribution in [-0.2, 0) is 5.75 Å². The highest BCUT2D eigenvalue weighted by molar-refractivity contribution is 7.98. The Hall–Kier alpha value is -1.04. The zero-order valence-electron chi connectivity index (χ0n) is 11.5. The molecule has 2 bridgehead atoms. The summed E-state index contributed by atoms with van der Waals surface area (Å²) in [5.74, 6) is 2.67. The number of hydrogen-bond donors (Lipinski definition) is 1. The minimum atomic E-state index is 0.404. The molecule has 2 fully saturated rings. The lowest BCUT2D eigenvalue weighted by Crippen LogP contribution is -2.21. The van der Waals surface area contributed by atoms with Gasteiger partial charge in [-0.05, 0) is 37.5 Å². The van der Waals surface area contributed by atoms with E-state index in [1.165, 1.54) is 12.8 Å². The number of nitrogens with zero attached hydrogens (tertiary/aromatic N) is 2. The summed E-state index contributed by atoms with van der Waals surface area (Å²) < 4.78 is 5.47. The summed E-state index contributed by atoms with van der Waals surface area (Å²) in [5.41, 5.74) is 0. The molecule has 2 saturated heterocycles. The number of benzene rings is 1. The first-order chi connectivity index (χ1) is 10.3. The van der Waals surface area contributed by atoms with Gasteiger partial charge in [0.25, 0.3) is 0 Å². The van der Waals surface area contributed by atoms with E-state index in [2.05, 4.69) is 15.5 Å². The highest BCUT2D eigenvalue weighted by atomic mass is 35.5. The molecule has 3 unspecified atom stereocenters. The summed E-state index contributed by atoms with van der Waals surface area (Å²) >= 11 is 7.66. The zero-order valence-corrected chi connectivity index (χ0v) is 13.0. The molecule has 2 aliphatic rings. The van der Waals surface area contributed by atoms with Crippen LogP contribution in [-0.4, -0.2) is 22.2 Å². The van der Waals surface area contributed by atoms with Crippen LogP contribution in [0.15, 0.2) is 33.7 Å². The van der Waals surface area contributed by atoms with Gasteiger partial charge in [0.05, 0.1) is 11.7 Å². The molecule has 0 amide bonds. The van der Waals surface area contributed by atoms with Gasteiger partial charge in [0.2, 0.25) is 5.89 Å². The van der Waals surface area contributed by atoms with Gasteiger partial charge in [0.15, 0.2) is 5.82 Å². The topological polar surface area (TPSA) is 51.0 Å². The van der Waals surface area contributed by atoms with Crippen molar-refractivity contribution >= 4 is 23.4 Å². The van der Waals surface area contributed by atoms with Gasteiger partial charge in [0, 0.05) is 22.0 Å². The average Bonchev–Trinajstić information content (AvgIpc) is 3.21. The molecule has 2 aliphatic heterocycles. The summed E-state index contributed by atoms with van der Waals surface area (Å²) in [6.07, 6.45) is 3.64. The Morgan fingerprint density at radius 2 is 2.33 bits per heavy atom. The third-order valence-electron chi connectivity index (χ3n) is 4.27. The van der Waals surface area contributed by atoms with Crippen molar-refractivity contribution in [3.05, 3.63) is 41.0 Å². The van der Waals surface area contributed by atoms with Crippen LogP contribution in [0.3, 0.4) is 0 Å². The Labute approximate surface area is 132 Å². The third kappa shape index (κ3) is 2.82. The molecule has 0 saturated carbocycles. The molecule has 2 aromatic rings. The molecule has 0 spiro atoms. The molecular weight excluding hydrogens is 306 g/mol. The molecule has 6 heteroatoms. The lowest BCUT2D eigenvalue weighted by atomic mass is 9.89. The molecular formula is C15H16ClN3OS. The standard InChI is InChI=1S/C15H16ClN3OS/c16-9-2-1-3-11(6-9)21-8-14-18-15(20-19-14)12-7-10-4-5-13(12)17-10/h1-3,6,10,12-13,17H,4-5,7-8H2. The van der Waals surface area contributed by atoms with Crippen molar-refractivity contribution in [3.8, 4) is 0 Å². The maximum atomic E-state index is 5.98. The quantitative estimate of drug-likeness (QED) is 0.872. The second-order valence-corrected chi connectivity index (χ2v) is 7.17. The highest BCUT2D eigenvalue weighted by Gasteiger charge is 2.42. The van der Waals surface area contributed by atoms with Crippen molar-refractivity contribution in [3.63, 3.8) is 0 Å². The summed E-state index contributed by atoms with van der Waals surface area (Å²) in [5, 5.41) is 8.47. The van der Waals surface area contributed by atoms with Gasteiger partial charge < -0.3 is 9.84 Å². The Bertz CT molecular complexity index is 647. The lowest BCUT2D eigenvalue weighted by molar-refractivity contribution is 0.327. The fourth-order valence-corrected chi connectivity index (χ4v) is 4.33. The molecule has 3 heterocycles. The van der Waals surface area contributed by atoms with E-state index in [0.29, 0.717) is 23.8 Å². The monoisotopic (exact) mass is 321 g/mol. The number of halogens is 1. The van der Waals surface area contributed by atoms with Crippen LogP contribution in [0.5, 0.6) is 0 Å². The number of fused-ring (bicyclic) bond motifs is 2. The fourth-order valence-electron chi connectivity index (χ4n) is 3.28. The van der Waals surface area contributed by atoms with Gasteiger partial charge in [-0.3, -0.25) is 0 Å². The van der Waals surface area contributed by atoms with Gasteiger partial charge in [0.1, 0.15) is 0 Å². The van der Waals surface area contributed by atoms with Crippen LogP contribution >= 0.6 is 23.4 Å². The predicted octanol–water partition coefficient (Wildman–Crippen LogP) is 3.62. The normalized spacial score (nSPS) is 27.4. The van der Waals surface area contributed by atoms with Crippen LogP contribution in [0.1, 0.15) is 36.9 Å². The predicted molar refractivity (Wildman–Crippen MR) is 82.6 cm³/mol. The minimum Gasteiger partial charge on any atom is -0.339 e. The Kier molecular flexibility index (Phi) is 3.65. The number of rotatable bonds is 4. The van der Waals surface area contributed by atoms with Crippen molar-refractivity contribution in [2.45, 2.75) is 47.9 Å². The molecule has 1 aromatic heterocycles. The number of hydrogen-bond acceptors (Lipinski definition) is 5.